The lowest BCUT2D eigenvalue weighted by Crippen LogP contribution is -1.83. The highest BCUT2D eigenvalue weighted by Crippen LogP contribution is 2.32. The predicted molar refractivity (Wildman–Crippen MR) is 66.8 cm³/mol. The number of hydrogen-bond donors (Lipinski definition) is 0. The van der Waals surface area contributed by atoms with Gasteiger partial charge in [0.05, 0.1) is 5.69 Å². The van der Waals surface area contributed by atoms with Crippen molar-refractivity contribution in [2.45, 2.75) is 0 Å². The Morgan fingerprint density at radius 2 is 1.94 bits per heavy atom. The fourth-order valence-electron chi connectivity index (χ4n) is 1.33. The lowest BCUT2D eigenvalue weighted by molar-refractivity contribution is 0.484. The largest absolute Gasteiger partial charge is 0.457 e. The van der Waals surface area contributed by atoms with E-state index in [0.29, 0.717) is 22.2 Å². The SMILES string of the molecule is [N-]=[N+]=Nc1ccccc1Oc1cccc(Cl)c1. The second-order valence-corrected chi connectivity index (χ2v) is 3.65. The lowest BCUT2D eigenvalue weighted by atomic mass is 10.3. The average molecular weight is 246 g/mol. The zero-order valence-electron chi connectivity index (χ0n) is 8.75. The van der Waals surface area contributed by atoms with Gasteiger partial charge < -0.3 is 4.74 Å². The first-order valence-electron chi connectivity index (χ1n) is 4.87. The first kappa shape index (κ1) is 11.3. The molecule has 0 aliphatic heterocycles. The summed E-state index contributed by atoms with van der Waals surface area (Å²) in [5.74, 6) is 1.09. The normalized spacial score (nSPS) is 9.47. The van der Waals surface area contributed by atoms with Crippen molar-refractivity contribution in [1.82, 2.24) is 0 Å². The molecule has 0 bridgehead atoms. The van der Waals surface area contributed by atoms with E-state index in [1.165, 1.54) is 0 Å². The molecule has 0 saturated carbocycles. The van der Waals surface area contributed by atoms with Gasteiger partial charge in [0.15, 0.2) is 0 Å². The Morgan fingerprint density at radius 1 is 1.12 bits per heavy atom. The summed E-state index contributed by atoms with van der Waals surface area (Å²) in [6.45, 7) is 0. The van der Waals surface area contributed by atoms with Gasteiger partial charge in [-0.3, -0.25) is 0 Å². The first-order chi connectivity index (χ1) is 8.29. The molecule has 84 valence electrons. The third-order valence-corrected chi connectivity index (χ3v) is 2.28. The molecule has 2 aromatic rings. The number of ether oxygens (including phenoxy) is 1. The number of nitrogens with zero attached hydrogens (tertiary/aromatic N) is 3. The van der Waals surface area contributed by atoms with E-state index < -0.39 is 0 Å². The molecule has 0 spiro atoms. The molecule has 0 N–H and O–H groups in total. The second-order valence-electron chi connectivity index (χ2n) is 3.22. The zero-order valence-corrected chi connectivity index (χ0v) is 9.50. The Hall–Kier alpha value is -2.16. The molecule has 0 fully saturated rings. The molecule has 0 heterocycles. The van der Waals surface area contributed by atoms with Crippen molar-refractivity contribution in [3.8, 4) is 11.5 Å². The van der Waals surface area contributed by atoms with E-state index in [1.54, 1.807) is 48.5 Å². The first-order valence-corrected chi connectivity index (χ1v) is 5.25. The summed E-state index contributed by atoms with van der Waals surface area (Å²) in [7, 11) is 0. The van der Waals surface area contributed by atoms with Crippen LogP contribution in [0.3, 0.4) is 0 Å². The maximum Gasteiger partial charge on any atom is 0.137 e. The van der Waals surface area contributed by atoms with Crippen molar-refractivity contribution < 1.29 is 4.74 Å². The van der Waals surface area contributed by atoms with Crippen molar-refractivity contribution >= 4 is 17.3 Å². The van der Waals surface area contributed by atoms with Crippen molar-refractivity contribution in [3.05, 3.63) is 64.0 Å². The van der Waals surface area contributed by atoms with Crippen LogP contribution in [0, 0.1) is 0 Å². The Labute approximate surface area is 103 Å². The van der Waals surface area contributed by atoms with E-state index in [4.69, 9.17) is 21.9 Å². The fourth-order valence-corrected chi connectivity index (χ4v) is 1.51. The van der Waals surface area contributed by atoms with Gasteiger partial charge in [-0.15, -0.1) is 0 Å². The monoisotopic (exact) mass is 245 g/mol. The molecular weight excluding hydrogens is 238 g/mol. The minimum atomic E-state index is 0.440. The van der Waals surface area contributed by atoms with Gasteiger partial charge in [0.2, 0.25) is 0 Å². The van der Waals surface area contributed by atoms with Crippen LogP contribution in [0.2, 0.25) is 5.02 Å². The van der Waals surface area contributed by atoms with E-state index in [-0.39, 0.29) is 0 Å². The van der Waals surface area contributed by atoms with Gasteiger partial charge in [-0.25, -0.2) is 0 Å². The molecule has 0 aliphatic carbocycles. The van der Waals surface area contributed by atoms with Crippen LogP contribution in [0.15, 0.2) is 53.6 Å². The fraction of sp³-hybridized carbons (Fsp3) is 0. The molecule has 2 rings (SSSR count). The molecular formula is C12H8ClN3O. The molecule has 5 heteroatoms. The average Bonchev–Trinajstić information content (AvgIpc) is 2.32. The summed E-state index contributed by atoms with van der Waals surface area (Å²) in [5, 5.41) is 4.13. The Morgan fingerprint density at radius 3 is 2.71 bits per heavy atom. The number of azide groups is 1. The summed E-state index contributed by atoms with van der Waals surface area (Å²) in [4.78, 5) is 2.74. The van der Waals surface area contributed by atoms with Crippen molar-refractivity contribution in [1.29, 1.82) is 0 Å². The molecule has 0 amide bonds. The predicted octanol–water partition coefficient (Wildman–Crippen LogP) is 5.07. The number of para-hydroxylation sites is 1. The van der Waals surface area contributed by atoms with E-state index in [1.807, 2.05) is 0 Å². The van der Waals surface area contributed by atoms with Crippen molar-refractivity contribution in [3.63, 3.8) is 0 Å². The maximum absolute atomic E-state index is 8.44. The van der Waals surface area contributed by atoms with Crippen molar-refractivity contribution in [2.75, 3.05) is 0 Å². The summed E-state index contributed by atoms with van der Waals surface area (Å²) in [5.41, 5.74) is 8.88. The molecule has 0 aliphatic rings. The summed E-state index contributed by atoms with van der Waals surface area (Å²) in [6, 6.07) is 14.0. The number of benzene rings is 2. The molecule has 4 nitrogen and oxygen atoms in total. The number of halogens is 1. The van der Waals surface area contributed by atoms with E-state index in [0.717, 1.165) is 0 Å². The van der Waals surface area contributed by atoms with Crippen LogP contribution in [-0.4, -0.2) is 0 Å². The quantitative estimate of drug-likeness (QED) is 0.423. The standard InChI is InChI=1S/C12H8ClN3O/c13-9-4-3-5-10(8-9)17-12-7-2-1-6-11(12)15-16-14/h1-8H. The minimum absolute atomic E-state index is 0.440. The Balaban J connectivity index is 2.33. The highest BCUT2D eigenvalue weighted by Gasteiger charge is 2.02. The Kier molecular flexibility index (Phi) is 3.50. The van der Waals surface area contributed by atoms with E-state index in [2.05, 4.69) is 10.0 Å². The maximum atomic E-state index is 8.44. The molecule has 0 unspecified atom stereocenters. The third kappa shape index (κ3) is 2.91. The van der Waals surface area contributed by atoms with Gasteiger partial charge >= 0.3 is 0 Å². The minimum Gasteiger partial charge on any atom is -0.457 e. The molecule has 0 radical (unpaired) electrons. The van der Waals surface area contributed by atoms with Crippen LogP contribution >= 0.6 is 11.6 Å². The highest BCUT2D eigenvalue weighted by atomic mass is 35.5. The molecule has 0 saturated heterocycles. The van der Waals surface area contributed by atoms with Crippen LogP contribution < -0.4 is 4.74 Å². The van der Waals surface area contributed by atoms with Gasteiger partial charge in [0.25, 0.3) is 0 Å². The van der Waals surface area contributed by atoms with Gasteiger partial charge in [-0.1, -0.05) is 34.9 Å². The van der Waals surface area contributed by atoms with Gasteiger partial charge in [0, 0.05) is 9.93 Å². The summed E-state index contributed by atoms with van der Waals surface area (Å²) >= 11 is 5.85. The number of hydrogen-bond acceptors (Lipinski definition) is 2. The van der Waals surface area contributed by atoms with Gasteiger partial charge in [-0.05, 0) is 35.9 Å². The van der Waals surface area contributed by atoms with Crippen LogP contribution in [0.5, 0.6) is 11.5 Å². The van der Waals surface area contributed by atoms with Crippen LogP contribution in [0.25, 0.3) is 10.4 Å². The second kappa shape index (κ2) is 5.25. The lowest BCUT2D eigenvalue weighted by Gasteiger charge is -2.07. The van der Waals surface area contributed by atoms with E-state index in [9.17, 15) is 0 Å². The van der Waals surface area contributed by atoms with E-state index >= 15 is 0 Å². The van der Waals surface area contributed by atoms with Crippen LogP contribution in [-0.2, 0) is 0 Å². The third-order valence-electron chi connectivity index (χ3n) is 2.04. The molecule has 2 aromatic carbocycles. The zero-order chi connectivity index (χ0) is 12.1. The van der Waals surface area contributed by atoms with Crippen molar-refractivity contribution in [2.24, 2.45) is 5.11 Å². The van der Waals surface area contributed by atoms with Gasteiger partial charge in [-0.2, -0.15) is 0 Å². The summed E-state index contributed by atoms with van der Waals surface area (Å²) in [6.07, 6.45) is 0. The van der Waals surface area contributed by atoms with Gasteiger partial charge in [0.1, 0.15) is 11.5 Å². The van der Waals surface area contributed by atoms with Crippen LogP contribution in [0.1, 0.15) is 0 Å². The topological polar surface area (TPSA) is 58.0 Å². The number of rotatable bonds is 3. The molecule has 0 atom stereocenters. The van der Waals surface area contributed by atoms with Crippen LogP contribution in [0.4, 0.5) is 5.69 Å². The summed E-state index contributed by atoms with van der Waals surface area (Å²) < 4.78 is 5.59. The molecule has 0 aromatic heterocycles. The molecule has 17 heavy (non-hydrogen) atoms. The highest BCUT2D eigenvalue weighted by molar-refractivity contribution is 6.30. The smallest absolute Gasteiger partial charge is 0.137 e. The Bertz CT molecular complexity index is 579.